The van der Waals surface area contributed by atoms with Crippen LogP contribution < -0.4 is 10.9 Å². The number of aromatic amines is 1. The third-order valence-corrected chi connectivity index (χ3v) is 2.76. The van der Waals surface area contributed by atoms with Gasteiger partial charge in [-0.15, -0.1) is 10.2 Å². The minimum atomic E-state index is -0.232. The maximum atomic E-state index is 11.8. The summed E-state index contributed by atoms with van der Waals surface area (Å²) in [5, 5.41) is 10.9. The van der Waals surface area contributed by atoms with E-state index in [1.807, 2.05) is 0 Å². The smallest absolute Gasteiger partial charge is 0.274 e. The zero-order valence-corrected chi connectivity index (χ0v) is 11.0. The summed E-state index contributed by atoms with van der Waals surface area (Å²) in [6.07, 6.45) is 5.29. The van der Waals surface area contributed by atoms with Crippen molar-refractivity contribution in [3.05, 3.63) is 40.2 Å². The van der Waals surface area contributed by atoms with Crippen LogP contribution in [0.3, 0.4) is 0 Å². The van der Waals surface area contributed by atoms with Gasteiger partial charge in [-0.3, -0.25) is 9.78 Å². The minimum absolute atomic E-state index is 0.232. The largest absolute Gasteiger partial charge is 0.469 e. The number of aromatic nitrogens is 3. The van der Waals surface area contributed by atoms with Crippen LogP contribution >= 0.6 is 0 Å². The van der Waals surface area contributed by atoms with E-state index in [2.05, 4.69) is 27.4 Å². The Labute approximate surface area is 111 Å². The molecular weight excluding hydrogens is 244 g/mol. The van der Waals surface area contributed by atoms with Crippen molar-refractivity contribution in [1.82, 2.24) is 15.2 Å². The van der Waals surface area contributed by atoms with Gasteiger partial charge in [0.1, 0.15) is 11.5 Å². The first-order chi connectivity index (χ1) is 9.29. The molecule has 2 heterocycles. The van der Waals surface area contributed by atoms with Crippen LogP contribution in [0.25, 0.3) is 0 Å². The van der Waals surface area contributed by atoms with Crippen LogP contribution in [0.4, 0.5) is 5.95 Å². The van der Waals surface area contributed by atoms with E-state index < -0.39 is 0 Å². The van der Waals surface area contributed by atoms with Crippen molar-refractivity contribution in [3.63, 3.8) is 0 Å². The highest BCUT2D eigenvalue weighted by molar-refractivity contribution is 5.22. The van der Waals surface area contributed by atoms with Gasteiger partial charge in [0.25, 0.3) is 5.56 Å². The average molecular weight is 262 g/mol. The fraction of sp³-hybridized carbons (Fsp3) is 0.462. The van der Waals surface area contributed by atoms with Crippen LogP contribution in [-0.2, 0) is 6.42 Å². The lowest BCUT2D eigenvalue weighted by atomic mass is 10.2. The fourth-order valence-corrected chi connectivity index (χ4v) is 1.72. The molecule has 2 rings (SSSR count). The van der Waals surface area contributed by atoms with Gasteiger partial charge < -0.3 is 9.73 Å². The predicted octanol–water partition coefficient (Wildman–Crippen LogP) is 1.95. The zero-order valence-electron chi connectivity index (χ0n) is 11.0. The van der Waals surface area contributed by atoms with E-state index in [9.17, 15) is 4.79 Å². The minimum Gasteiger partial charge on any atom is -0.469 e. The molecule has 2 N–H and O–H groups in total. The van der Waals surface area contributed by atoms with Crippen molar-refractivity contribution < 1.29 is 4.42 Å². The van der Waals surface area contributed by atoms with Crippen molar-refractivity contribution in [2.75, 3.05) is 11.9 Å². The summed E-state index contributed by atoms with van der Waals surface area (Å²) in [6, 6.07) is 3.58. The molecule has 0 amide bonds. The van der Waals surface area contributed by atoms with Gasteiger partial charge in [-0.05, 0) is 18.6 Å². The van der Waals surface area contributed by atoms with Crippen LogP contribution in [0.15, 0.2) is 27.6 Å². The lowest BCUT2D eigenvalue weighted by Gasteiger charge is -2.04. The second-order valence-corrected chi connectivity index (χ2v) is 4.34. The number of unbranched alkanes of at least 4 members (excludes halogenated alkanes) is 2. The van der Waals surface area contributed by atoms with Gasteiger partial charge in [0.05, 0.1) is 12.7 Å². The fourth-order valence-electron chi connectivity index (χ4n) is 1.72. The quantitative estimate of drug-likeness (QED) is 0.745. The molecule has 0 aliphatic carbocycles. The molecule has 6 nitrogen and oxygen atoms in total. The molecule has 0 bridgehead atoms. The molecule has 0 aliphatic rings. The number of rotatable bonds is 7. The molecule has 0 radical (unpaired) electrons. The van der Waals surface area contributed by atoms with E-state index in [1.54, 1.807) is 18.4 Å². The normalized spacial score (nSPS) is 10.6. The van der Waals surface area contributed by atoms with Crippen LogP contribution in [-0.4, -0.2) is 21.7 Å². The molecule has 0 aromatic carbocycles. The Morgan fingerprint density at radius 1 is 1.37 bits per heavy atom. The van der Waals surface area contributed by atoms with Gasteiger partial charge in [-0.1, -0.05) is 19.8 Å². The number of furan rings is 1. The van der Waals surface area contributed by atoms with Crippen LogP contribution in [0.1, 0.15) is 37.6 Å². The van der Waals surface area contributed by atoms with Crippen LogP contribution in [0, 0.1) is 0 Å². The lowest BCUT2D eigenvalue weighted by molar-refractivity contribution is 0.517. The number of nitrogens with one attached hydrogen (secondary N) is 2. The zero-order chi connectivity index (χ0) is 13.5. The first-order valence-corrected chi connectivity index (χ1v) is 6.51. The molecule has 19 heavy (non-hydrogen) atoms. The van der Waals surface area contributed by atoms with Crippen molar-refractivity contribution >= 4 is 5.95 Å². The Bertz CT molecular complexity index is 548. The van der Waals surface area contributed by atoms with E-state index in [0.717, 1.165) is 25.8 Å². The molecule has 2 aromatic rings. The number of hydrogen-bond donors (Lipinski definition) is 2. The maximum Gasteiger partial charge on any atom is 0.274 e. The van der Waals surface area contributed by atoms with E-state index in [0.29, 0.717) is 23.8 Å². The number of H-pyrrole nitrogens is 1. The average Bonchev–Trinajstić information content (AvgIpc) is 2.91. The van der Waals surface area contributed by atoms with Crippen LogP contribution in [0.5, 0.6) is 0 Å². The Balaban J connectivity index is 1.95. The summed E-state index contributed by atoms with van der Waals surface area (Å²) in [6.45, 7) is 2.93. The third kappa shape index (κ3) is 3.94. The topological polar surface area (TPSA) is 83.8 Å². The first kappa shape index (κ1) is 13.3. The van der Waals surface area contributed by atoms with Gasteiger partial charge in [-0.25, -0.2) is 0 Å². The first-order valence-electron chi connectivity index (χ1n) is 6.51. The molecule has 0 spiro atoms. The molecule has 6 heteroatoms. The maximum absolute atomic E-state index is 11.8. The Morgan fingerprint density at radius 3 is 2.95 bits per heavy atom. The summed E-state index contributed by atoms with van der Waals surface area (Å²) >= 11 is 0. The van der Waals surface area contributed by atoms with Crippen molar-refractivity contribution in [2.45, 2.75) is 32.6 Å². The molecule has 102 valence electrons. The monoisotopic (exact) mass is 262 g/mol. The summed E-state index contributed by atoms with van der Waals surface area (Å²) in [7, 11) is 0. The SMILES string of the molecule is CCCCCNc1nnc(Cc2ccco2)c(=O)[nH]1. The standard InChI is InChI=1S/C13H18N4O2/c1-2-3-4-7-14-13-15-12(18)11(16-17-13)9-10-6-5-8-19-10/h5-6,8H,2-4,7,9H2,1H3,(H2,14,15,17,18). The highest BCUT2D eigenvalue weighted by Crippen LogP contribution is 2.04. The molecule has 2 aromatic heterocycles. The van der Waals surface area contributed by atoms with Crippen molar-refractivity contribution in [1.29, 1.82) is 0 Å². The molecular formula is C13H18N4O2. The van der Waals surface area contributed by atoms with Crippen LogP contribution in [0.2, 0.25) is 0 Å². The Hall–Kier alpha value is -2.11. The molecule has 0 unspecified atom stereocenters. The summed E-state index contributed by atoms with van der Waals surface area (Å²) in [5.41, 5.74) is 0.124. The van der Waals surface area contributed by atoms with E-state index >= 15 is 0 Å². The summed E-state index contributed by atoms with van der Waals surface area (Å²) in [5.74, 6) is 1.12. The summed E-state index contributed by atoms with van der Waals surface area (Å²) < 4.78 is 5.18. The molecule has 0 saturated heterocycles. The van der Waals surface area contributed by atoms with Gasteiger partial charge in [0.2, 0.25) is 5.95 Å². The van der Waals surface area contributed by atoms with Crippen molar-refractivity contribution in [2.24, 2.45) is 0 Å². The molecule has 0 atom stereocenters. The second kappa shape index (κ2) is 6.72. The third-order valence-electron chi connectivity index (χ3n) is 2.76. The number of hydrogen-bond acceptors (Lipinski definition) is 5. The van der Waals surface area contributed by atoms with E-state index in [1.165, 1.54) is 0 Å². The van der Waals surface area contributed by atoms with E-state index in [4.69, 9.17) is 4.42 Å². The van der Waals surface area contributed by atoms with Gasteiger partial charge in [0, 0.05) is 6.54 Å². The molecule has 0 fully saturated rings. The van der Waals surface area contributed by atoms with Gasteiger partial charge in [0.15, 0.2) is 0 Å². The highest BCUT2D eigenvalue weighted by atomic mass is 16.3. The predicted molar refractivity (Wildman–Crippen MR) is 72.2 cm³/mol. The van der Waals surface area contributed by atoms with Gasteiger partial charge >= 0.3 is 0 Å². The second-order valence-electron chi connectivity index (χ2n) is 4.34. The Morgan fingerprint density at radius 2 is 2.26 bits per heavy atom. The molecule has 0 saturated carbocycles. The summed E-state index contributed by atoms with van der Waals surface area (Å²) in [4.78, 5) is 14.5. The lowest BCUT2D eigenvalue weighted by Crippen LogP contribution is -2.20. The van der Waals surface area contributed by atoms with Gasteiger partial charge in [-0.2, -0.15) is 0 Å². The highest BCUT2D eigenvalue weighted by Gasteiger charge is 2.07. The number of anilines is 1. The van der Waals surface area contributed by atoms with E-state index in [-0.39, 0.29) is 5.56 Å². The Kier molecular flexibility index (Phi) is 4.72. The number of nitrogens with zero attached hydrogens (tertiary/aromatic N) is 2. The molecule has 0 aliphatic heterocycles. The van der Waals surface area contributed by atoms with Crippen molar-refractivity contribution in [3.8, 4) is 0 Å².